The van der Waals surface area contributed by atoms with Crippen molar-refractivity contribution in [2.24, 2.45) is 0 Å². The third-order valence-electron chi connectivity index (χ3n) is 5.20. The maximum absolute atomic E-state index is 12.8. The molecule has 1 amide bonds. The summed E-state index contributed by atoms with van der Waals surface area (Å²) < 4.78 is 2.14. The number of carbonyl (C=O) groups is 1. The minimum Gasteiger partial charge on any atom is -0.352 e. The summed E-state index contributed by atoms with van der Waals surface area (Å²) in [5.41, 5.74) is 2.67. The zero-order chi connectivity index (χ0) is 17.5. The van der Waals surface area contributed by atoms with Crippen molar-refractivity contribution in [2.45, 2.75) is 44.1 Å². The molecule has 2 fully saturated rings. The quantitative estimate of drug-likeness (QED) is 0.744. The second-order valence-electron chi connectivity index (χ2n) is 7.28. The van der Waals surface area contributed by atoms with Crippen molar-refractivity contribution in [3.8, 4) is 0 Å². The van der Waals surface area contributed by atoms with Gasteiger partial charge in [-0.15, -0.1) is 10.2 Å². The van der Waals surface area contributed by atoms with E-state index in [9.17, 15) is 4.79 Å². The Morgan fingerprint density at radius 3 is 2.85 bits per heavy atom. The van der Waals surface area contributed by atoms with Crippen molar-refractivity contribution in [1.29, 1.82) is 0 Å². The van der Waals surface area contributed by atoms with Crippen LogP contribution in [0.3, 0.4) is 0 Å². The van der Waals surface area contributed by atoms with Crippen LogP contribution in [-0.2, 0) is 6.42 Å². The molecule has 5 rings (SSSR count). The number of hydrogen-bond acceptors (Lipinski definition) is 4. The number of fused-ring (bicyclic) bond motifs is 1. The van der Waals surface area contributed by atoms with Gasteiger partial charge in [-0.25, -0.2) is 0 Å². The maximum atomic E-state index is 12.8. The highest BCUT2D eigenvalue weighted by atomic mass is 16.1. The van der Waals surface area contributed by atoms with Gasteiger partial charge in [-0.1, -0.05) is 18.2 Å². The highest BCUT2D eigenvalue weighted by Gasteiger charge is 2.27. The molecule has 2 aliphatic carbocycles. The summed E-state index contributed by atoms with van der Waals surface area (Å²) in [5.74, 6) is 1.43. The fourth-order valence-corrected chi connectivity index (χ4v) is 3.46. The average molecular weight is 347 g/mol. The number of amides is 1. The molecular weight excluding hydrogens is 326 g/mol. The number of pyridine rings is 1. The molecule has 2 saturated carbocycles. The van der Waals surface area contributed by atoms with Crippen LogP contribution in [-0.4, -0.2) is 32.2 Å². The minimum atomic E-state index is -0.0389. The van der Waals surface area contributed by atoms with Crippen LogP contribution < -0.4 is 5.32 Å². The average Bonchev–Trinajstić information content (AvgIpc) is 3.59. The lowest BCUT2D eigenvalue weighted by molar-refractivity contribution is 0.0955. The first-order chi connectivity index (χ1) is 12.8. The van der Waals surface area contributed by atoms with Crippen LogP contribution in [0.4, 0.5) is 0 Å². The molecule has 2 aromatic heterocycles. The zero-order valence-electron chi connectivity index (χ0n) is 14.6. The second kappa shape index (κ2) is 6.20. The highest BCUT2D eigenvalue weighted by Crippen LogP contribution is 2.40. The third kappa shape index (κ3) is 2.96. The summed E-state index contributed by atoms with van der Waals surface area (Å²) in [6.07, 6.45) is 7.23. The fraction of sp³-hybridized carbons (Fsp3) is 0.400. The first kappa shape index (κ1) is 15.5. The van der Waals surface area contributed by atoms with Gasteiger partial charge in [0.25, 0.3) is 5.91 Å². The summed E-state index contributed by atoms with van der Waals surface area (Å²) in [7, 11) is 0. The molecule has 0 aliphatic heterocycles. The van der Waals surface area contributed by atoms with Crippen LogP contribution >= 0.6 is 0 Å². The van der Waals surface area contributed by atoms with Gasteiger partial charge in [-0.2, -0.15) is 0 Å². The molecule has 1 aromatic carbocycles. The van der Waals surface area contributed by atoms with E-state index in [2.05, 4.69) is 20.1 Å². The lowest BCUT2D eigenvalue weighted by atomic mass is 10.1. The second-order valence-corrected chi connectivity index (χ2v) is 7.28. The van der Waals surface area contributed by atoms with Gasteiger partial charge >= 0.3 is 0 Å². The van der Waals surface area contributed by atoms with Crippen LogP contribution in [0.25, 0.3) is 10.9 Å². The van der Waals surface area contributed by atoms with Crippen molar-refractivity contribution in [1.82, 2.24) is 25.1 Å². The molecule has 0 bridgehead atoms. The van der Waals surface area contributed by atoms with Gasteiger partial charge in [0.2, 0.25) is 0 Å². The molecule has 6 heteroatoms. The van der Waals surface area contributed by atoms with Gasteiger partial charge in [-0.05, 0) is 37.8 Å². The number of carbonyl (C=O) groups excluding carboxylic acids is 1. The van der Waals surface area contributed by atoms with Crippen molar-refractivity contribution >= 4 is 16.8 Å². The van der Waals surface area contributed by atoms with Gasteiger partial charge in [0.1, 0.15) is 12.2 Å². The molecule has 0 spiro atoms. The number of nitrogens with zero attached hydrogens (tertiary/aromatic N) is 4. The lowest BCUT2D eigenvalue weighted by Gasteiger charge is -2.10. The number of aromatic nitrogens is 4. The summed E-state index contributed by atoms with van der Waals surface area (Å²) in [6.45, 7) is 0.555. The number of rotatable bonds is 6. The van der Waals surface area contributed by atoms with E-state index in [4.69, 9.17) is 4.98 Å². The van der Waals surface area contributed by atoms with E-state index >= 15 is 0 Å². The van der Waals surface area contributed by atoms with Crippen molar-refractivity contribution in [2.75, 3.05) is 6.54 Å². The molecule has 6 nitrogen and oxygen atoms in total. The van der Waals surface area contributed by atoms with E-state index in [1.165, 1.54) is 25.7 Å². The van der Waals surface area contributed by atoms with Crippen LogP contribution in [0.15, 0.2) is 36.7 Å². The van der Waals surface area contributed by atoms with E-state index in [0.29, 0.717) is 24.9 Å². The van der Waals surface area contributed by atoms with Gasteiger partial charge in [0.15, 0.2) is 0 Å². The van der Waals surface area contributed by atoms with E-state index in [1.54, 1.807) is 6.33 Å². The molecule has 0 atom stereocenters. The van der Waals surface area contributed by atoms with Crippen LogP contribution in [0.5, 0.6) is 0 Å². The Morgan fingerprint density at radius 1 is 1.19 bits per heavy atom. The molecular formula is C20H21N5O. The van der Waals surface area contributed by atoms with E-state index < -0.39 is 0 Å². The van der Waals surface area contributed by atoms with Crippen molar-refractivity contribution in [3.05, 3.63) is 53.7 Å². The Bertz CT molecular complexity index is 971. The van der Waals surface area contributed by atoms with E-state index in [-0.39, 0.29) is 5.91 Å². The normalized spacial score (nSPS) is 16.8. The Balaban J connectivity index is 1.34. The minimum absolute atomic E-state index is 0.0389. The molecule has 3 aromatic rings. The number of benzene rings is 1. The molecule has 0 unspecified atom stereocenters. The first-order valence-electron chi connectivity index (χ1n) is 9.36. The molecule has 0 saturated heterocycles. The number of hydrogen-bond donors (Lipinski definition) is 1. The summed E-state index contributed by atoms with van der Waals surface area (Å²) in [5, 5.41) is 12.2. The summed E-state index contributed by atoms with van der Waals surface area (Å²) >= 11 is 0. The molecule has 132 valence electrons. The van der Waals surface area contributed by atoms with E-state index in [1.807, 2.05) is 30.3 Å². The van der Waals surface area contributed by atoms with Crippen LogP contribution in [0, 0.1) is 0 Å². The van der Waals surface area contributed by atoms with Gasteiger partial charge in [0.05, 0.1) is 11.1 Å². The summed E-state index contributed by atoms with van der Waals surface area (Å²) in [4.78, 5) is 17.6. The monoisotopic (exact) mass is 347 g/mol. The lowest BCUT2D eigenvalue weighted by Crippen LogP contribution is -2.27. The molecule has 2 heterocycles. The predicted octanol–water partition coefficient (Wildman–Crippen LogP) is 3.01. The van der Waals surface area contributed by atoms with Crippen LogP contribution in [0.2, 0.25) is 0 Å². The number of nitrogens with one attached hydrogen (secondary N) is 1. The standard InChI is InChI=1S/C20H21N5O/c26-20(21-10-9-19-24-22-12-25(19)14-7-8-14)16-11-18(13-5-6-13)23-17-4-2-1-3-15(16)17/h1-4,11-14H,5-10H2,(H,21,26). The molecule has 1 N–H and O–H groups in total. The maximum Gasteiger partial charge on any atom is 0.252 e. The third-order valence-corrected chi connectivity index (χ3v) is 5.20. The predicted molar refractivity (Wildman–Crippen MR) is 98.0 cm³/mol. The van der Waals surface area contributed by atoms with Gasteiger partial charge in [-0.3, -0.25) is 9.78 Å². The Hall–Kier alpha value is -2.76. The Labute approximate surface area is 151 Å². The Morgan fingerprint density at radius 2 is 2.04 bits per heavy atom. The zero-order valence-corrected chi connectivity index (χ0v) is 14.6. The van der Waals surface area contributed by atoms with Crippen molar-refractivity contribution in [3.63, 3.8) is 0 Å². The Kier molecular flexibility index (Phi) is 3.69. The largest absolute Gasteiger partial charge is 0.352 e. The smallest absolute Gasteiger partial charge is 0.252 e. The van der Waals surface area contributed by atoms with Crippen molar-refractivity contribution < 1.29 is 4.79 Å². The highest BCUT2D eigenvalue weighted by molar-refractivity contribution is 6.06. The summed E-state index contributed by atoms with van der Waals surface area (Å²) in [6, 6.07) is 10.4. The topological polar surface area (TPSA) is 72.7 Å². The van der Waals surface area contributed by atoms with Crippen LogP contribution in [0.1, 0.15) is 59.5 Å². The first-order valence-corrected chi connectivity index (χ1v) is 9.36. The van der Waals surface area contributed by atoms with Gasteiger partial charge in [0, 0.05) is 36.0 Å². The number of para-hydroxylation sites is 1. The fourth-order valence-electron chi connectivity index (χ4n) is 3.46. The molecule has 0 radical (unpaired) electrons. The van der Waals surface area contributed by atoms with E-state index in [0.717, 1.165) is 28.0 Å². The molecule has 26 heavy (non-hydrogen) atoms. The van der Waals surface area contributed by atoms with Gasteiger partial charge < -0.3 is 9.88 Å². The SMILES string of the molecule is O=C(NCCc1nncn1C1CC1)c1cc(C2CC2)nc2ccccc12. The molecule has 2 aliphatic rings.